The molecule has 4 nitrogen and oxygen atoms in total. The molecular weight excluding hydrogens is 337 g/mol. The van der Waals surface area contributed by atoms with E-state index in [1.165, 1.54) is 37.3 Å². The maximum absolute atomic E-state index is 12.7. The molecule has 0 amide bonds. The fraction of sp³-hybridized carbons (Fsp3) is 0.111. The lowest BCUT2D eigenvalue weighted by atomic mass is 10.0. The molecule has 7 heteroatoms. The average Bonchev–Trinajstić information content (AvgIpc) is 2.56. The molecule has 1 N–H and O–H groups in total. The van der Waals surface area contributed by atoms with Crippen LogP contribution in [0.25, 0.3) is 22.3 Å². The van der Waals surface area contributed by atoms with Gasteiger partial charge in [-0.1, -0.05) is 18.2 Å². The highest BCUT2D eigenvalue weighted by atomic mass is 19.4. The van der Waals surface area contributed by atoms with Gasteiger partial charge in [0.25, 0.3) is 0 Å². The smallest absolute Gasteiger partial charge is 0.416 e. The SMILES string of the molecule is Cc1c(-c2ccc(C(F)(F)F)cc2)oc2c(C(=O)O)cccc2c1=O. The molecule has 0 fully saturated rings. The number of halogens is 3. The Morgan fingerprint density at radius 1 is 1.08 bits per heavy atom. The Morgan fingerprint density at radius 2 is 1.72 bits per heavy atom. The van der Waals surface area contributed by atoms with Crippen LogP contribution in [-0.2, 0) is 6.18 Å². The predicted octanol–water partition coefficient (Wildman–Crippen LogP) is 4.49. The molecule has 0 radical (unpaired) electrons. The van der Waals surface area contributed by atoms with Crippen molar-refractivity contribution in [1.29, 1.82) is 0 Å². The van der Waals surface area contributed by atoms with Crippen molar-refractivity contribution in [3.8, 4) is 11.3 Å². The summed E-state index contributed by atoms with van der Waals surface area (Å²) in [5, 5.41) is 9.35. The summed E-state index contributed by atoms with van der Waals surface area (Å²) in [6.45, 7) is 1.48. The highest BCUT2D eigenvalue weighted by Gasteiger charge is 2.30. The van der Waals surface area contributed by atoms with E-state index in [2.05, 4.69) is 0 Å². The number of alkyl halides is 3. The van der Waals surface area contributed by atoms with Crippen molar-refractivity contribution in [3.05, 3.63) is 69.4 Å². The van der Waals surface area contributed by atoms with Crippen LogP contribution in [0.2, 0.25) is 0 Å². The number of benzene rings is 2. The zero-order valence-corrected chi connectivity index (χ0v) is 12.8. The summed E-state index contributed by atoms with van der Waals surface area (Å²) in [7, 11) is 0. The zero-order chi connectivity index (χ0) is 18.4. The monoisotopic (exact) mass is 348 g/mol. The predicted molar refractivity (Wildman–Crippen MR) is 84.6 cm³/mol. The molecule has 0 spiro atoms. The van der Waals surface area contributed by atoms with E-state index in [0.717, 1.165) is 12.1 Å². The van der Waals surface area contributed by atoms with Gasteiger partial charge in [-0.25, -0.2) is 4.79 Å². The number of carboxylic acids is 1. The Bertz CT molecular complexity index is 1030. The second kappa shape index (κ2) is 5.77. The highest BCUT2D eigenvalue weighted by molar-refractivity contribution is 6.01. The van der Waals surface area contributed by atoms with E-state index in [0.29, 0.717) is 0 Å². The molecule has 0 bridgehead atoms. The van der Waals surface area contributed by atoms with Gasteiger partial charge in [0.15, 0.2) is 11.0 Å². The largest absolute Gasteiger partial charge is 0.478 e. The van der Waals surface area contributed by atoms with E-state index < -0.39 is 23.1 Å². The van der Waals surface area contributed by atoms with Gasteiger partial charge in [0, 0.05) is 11.1 Å². The van der Waals surface area contributed by atoms with Gasteiger partial charge >= 0.3 is 12.1 Å². The second-order valence-electron chi connectivity index (χ2n) is 5.45. The average molecular weight is 348 g/mol. The van der Waals surface area contributed by atoms with Crippen molar-refractivity contribution in [1.82, 2.24) is 0 Å². The van der Waals surface area contributed by atoms with Gasteiger partial charge in [-0.05, 0) is 31.2 Å². The Hall–Kier alpha value is -3.09. The third-order valence-electron chi connectivity index (χ3n) is 3.85. The molecular formula is C18H11F3O4. The Labute approximate surface area is 139 Å². The fourth-order valence-electron chi connectivity index (χ4n) is 2.56. The van der Waals surface area contributed by atoms with Gasteiger partial charge in [-0.2, -0.15) is 13.2 Å². The van der Waals surface area contributed by atoms with Crippen molar-refractivity contribution >= 4 is 16.9 Å². The minimum absolute atomic E-state index is 0.0416. The van der Waals surface area contributed by atoms with Gasteiger partial charge in [-0.15, -0.1) is 0 Å². The van der Waals surface area contributed by atoms with Gasteiger partial charge < -0.3 is 9.52 Å². The number of hydrogen-bond donors (Lipinski definition) is 1. The molecule has 0 unspecified atom stereocenters. The summed E-state index contributed by atoms with van der Waals surface area (Å²) in [6, 6.07) is 8.29. The highest BCUT2D eigenvalue weighted by Crippen LogP contribution is 2.32. The molecule has 3 aromatic rings. The Morgan fingerprint density at radius 3 is 2.28 bits per heavy atom. The molecule has 128 valence electrons. The first-order valence-corrected chi connectivity index (χ1v) is 7.17. The van der Waals surface area contributed by atoms with Crippen LogP contribution in [0.5, 0.6) is 0 Å². The number of aromatic carboxylic acids is 1. The number of carbonyl (C=O) groups is 1. The molecule has 1 heterocycles. The van der Waals surface area contributed by atoms with Crippen LogP contribution in [0.4, 0.5) is 13.2 Å². The van der Waals surface area contributed by atoms with Crippen LogP contribution in [-0.4, -0.2) is 11.1 Å². The molecule has 0 aliphatic carbocycles. The molecule has 25 heavy (non-hydrogen) atoms. The maximum atomic E-state index is 12.7. The fourth-order valence-corrected chi connectivity index (χ4v) is 2.56. The van der Waals surface area contributed by atoms with Crippen LogP contribution in [0.3, 0.4) is 0 Å². The third kappa shape index (κ3) is 2.88. The quantitative estimate of drug-likeness (QED) is 0.741. The normalized spacial score (nSPS) is 11.7. The number of hydrogen-bond acceptors (Lipinski definition) is 3. The number of carboxylic acid groups (broad SMARTS) is 1. The van der Waals surface area contributed by atoms with E-state index in [4.69, 9.17) is 4.42 Å². The topological polar surface area (TPSA) is 67.5 Å². The second-order valence-corrected chi connectivity index (χ2v) is 5.45. The Balaban J connectivity index is 2.26. The van der Waals surface area contributed by atoms with Crippen molar-refractivity contribution in [3.63, 3.8) is 0 Å². The van der Waals surface area contributed by atoms with Gasteiger partial charge in [0.2, 0.25) is 0 Å². The molecule has 0 saturated carbocycles. The Kier molecular flexibility index (Phi) is 3.87. The van der Waals surface area contributed by atoms with Crippen molar-refractivity contribution in [2.45, 2.75) is 13.1 Å². The molecule has 0 atom stereocenters. The van der Waals surface area contributed by atoms with E-state index in [-0.39, 0.29) is 33.4 Å². The molecule has 0 aliphatic heterocycles. The van der Waals surface area contributed by atoms with Crippen LogP contribution >= 0.6 is 0 Å². The minimum atomic E-state index is -4.48. The first-order chi connectivity index (χ1) is 11.7. The summed E-state index contributed by atoms with van der Waals surface area (Å²) in [5.74, 6) is -1.23. The molecule has 0 saturated heterocycles. The van der Waals surface area contributed by atoms with E-state index in [1.807, 2.05) is 0 Å². The van der Waals surface area contributed by atoms with Crippen LogP contribution in [0.15, 0.2) is 51.7 Å². The molecule has 0 aliphatic rings. The first kappa shape index (κ1) is 16.8. The van der Waals surface area contributed by atoms with Gasteiger partial charge in [0.05, 0.1) is 10.9 Å². The number of rotatable bonds is 2. The summed E-state index contributed by atoms with van der Waals surface area (Å²) in [6.07, 6.45) is -4.48. The summed E-state index contributed by atoms with van der Waals surface area (Å²) in [5.41, 5.74) is -1.12. The van der Waals surface area contributed by atoms with Crippen LogP contribution in [0, 0.1) is 6.92 Å². The lowest BCUT2D eigenvalue weighted by molar-refractivity contribution is -0.137. The van der Waals surface area contributed by atoms with Crippen molar-refractivity contribution in [2.24, 2.45) is 0 Å². The molecule has 3 rings (SSSR count). The lowest BCUT2D eigenvalue weighted by Gasteiger charge is -2.10. The van der Waals surface area contributed by atoms with Crippen LogP contribution in [0.1, 0.15) is 21.5 Å². The minimum Gasteiger partial charge on any atom is -0.478 e. The van der Waals surface area contributed by atoms with Crippen molar-refractivity contribution < 1.29 is 27.5 Å². The van der Waals surface area contributed by atoms with Crippen LogP contribution < -0.4 is 5.43 Å². The molecule has 2 aromatic carbocycles. The summed E-state index contributed by atoms with van der Waals surface area (Å²) in [4.78, 5) is 23.8. The van der Waals surface area contributed by atoms with E-state index in [9.17, 15) is 27.9 Å². The zero-order valence-electron chi connectivity index (χ0n) is 12.8. The number of para-hydroxylation sites is 1. The lowest BCUT2D eigenvalue weighted by Crippen LogP contribution is -2.10. The molecule has 1 aromatic heterocycles. The first-order valence-electron chi connectivity index (χ1n) is 7.17. The van der Waals surface area contributed by atoms with Gasteiger partial charge in [0.1, 0.15) is 11.3 Å². The maximum Gasteiger partial charge on any atom is 0.416 e. The third-order valence-corrected chi connectivity index (χ3v) is 3.85. The summed E-state index contributed by atoms with van der Waals surface area (Å²) >= 11 is 0. The van der Waals surface area contributed by atoms with E-state index >= 15 is 0 Å². The standard InChI is InChI=1S/C18H11F3O4/c1-9-14(22)12-3-2-4-13(17(23)24)16(12)25-15(9)10-5-7-11(8-6-10)18(19,20)21/h2-8H,1H3,(H,23,24). The van der Waals surface area contributed by atoms with E-state index in [1.54, 1.807) is 0 Å². The summed E-state index contributed by atoms with van der Waals surface area (Å²) < 4.78 is 43.6. The number of fused-ring (bicyclic) bond motifs is 1. The van der Waals surface area contributed by atoms with Crippen molar-refractivity contribution in [2.75, 3.05) is 0 Å². The van der Waals surface area contributed by atoms with Gasteiger partial charge in [-0.3, -0.25) is 4.79 Å².